The number of rotatable bonds is 4. The summed E-state index contributed by atoms with van der Waals surface area (Å²) in [5.74, 6) is 0. The van der Waals surface area contributed by atoms with Gasteiger partial charge in [-0.2, -0.15) is 10.2 Å². The van der Waals surface area contributed by atoms with Crippen LogP contribution in [0.5, 0.6) is 0 Å². The third-order valence-electron chi connectivity index (χ3n) is 2.89. The molecule has 2 rings (SSSR count). The predicted molar refractivity (Wildman–Crippen MR) is 82.0 cm³/mol. The second-order valence-corrected chi connectivity index (χ2v) is 5.80. The van der Waals surface area contributed by atoms with Gasteiger partial charge in [0.1, 0.15) is 0 Å². The lowest BCUT2D eigenvalue weighted by Gasteiger charge is -2.10. The number of anilines is 1. The summed E-state index contributed by atoms with van der Waals surface area (Å²) in [6.07, 6.45) is 1.67. The number of aromatic nitrogens is 4. The predicted octanol–water partition coefficient (Wildman–Crippen LogP) is 1.92. The maximum Gasteiger partial charge on any atom is 0.269 e. The van der Waals surface area contributed by atoms with Crippen LogP contribution in [0.3, 0.4) is 0 Å². The number of aryl methyl sites for hydroxylation is 2. The third-order valence-corrected chi connectivity index (χ3v) is 3.92. The van der Waals surface area contributed by atoms with Gasteiger partial charge in [0.15, 0.2) is 0 Å². The zero-order valence-corrected chi connectivity index (χ0v) is 13.6. The number of hydrogen-bond donors (Lipinski definition) is 1. The first-order valence-corrected chi connectivity index (χ1v) is 7.19. The minimum absolute atomic E-state index is 0.138. The van der Waals surface area contributed by atoms with E-state index in [2.05, 4.69) is 31.4 Å². The molecule has 20 heavy (non-hydrogen) atoms. The van der Waals surface area contributed by atoms with Crippen molar-refractivity contribution in [3.63, 3.8) is 0 Å². The van der Waals surface area contributed by atoms with Gasteiger partial charge in [0.25, 0.3) is 5.56 Å². The molecule has 0 saturated heterocycles. The van der Waals surface area contributed by atoms with Crippen molar-refractivity contribution in [3.8, 4) is 0 Å². The van der Waals surface area contributed by atoms with Gasteiger partial charge in [-0.3, -0.25) is 9.48 Å². The number of nitrogens with zero attached hydrogens (tertiary/aromatic N) is 4. The number of halogens is 1. The summed E-state index contributed by atoms with van der Waals surface area (Å²) in [7, 11) is 1.85. The van der Waals surface area contributed by atoms with Gasteiger partial charge in [-0.25, -0.2) is 4.68 Å². The topological polar surface area (TPSA) is 64.7 Å². The van der Waals surface area contributed by atoms with E-state index in [-0.39, 0.29) is 11.6 Å². The molecule has 6 nitrogen and oxygen atoms in total. The highest BCUT2D eigenvalue weighted by Gasteiger charge is 2.12. The Morgan fingerprint density at radius 3 is 2.65 bits per heavy atom. The fourth-order valence-corrected chi connectivity index (χ4v) is 2.42. The van der Waals surface area contributed by atoms with Crippen molar-refractivity contribution in [1.29, 1.82) is 0 Å². The summed E-state index contributed by atoms with van der Waals surface area (Å²) in [5.41, 5.74) is 2.42. The van der Waals surface area contributed by atoms with E-state index in [0.717, 1.165) is 21.5 Å². The van der Waals surface area contributed by atoms with Gasteiger partial charge in [0, 0.05) is 19.2 Å². The van der Waals surface area contributed by atoms with Gasteiger partial charge in [-0.15, -0.1) is 0 Å². The molecule has 0 saturated carbocycles. The Morgan fingerprint density at radius 1 is 1.45 bits per heavy atom. The summed E-state index contributed by atoms with van der Waals surface area (Å²) < 4.78 is 4.10. The van der Waals surface area contributed by atoms with Crippen LogP contribution in [-0.4, -0.2) is 25.6 Å². The molecule has 0 amide bonds. The minimum atomic E-state index is -0.138. The average Bonchev–Trinajstić information content (AvgIpc) is 2.58. The smallest absolute Gasteiger partial charge is 0.269 e. The Morgan fingerprint density at radius 2 is 2.15 bits per heavy atom. The maximum absolute atomic E-state index is 12.1. The third kappa shape index (κ3) is 3.09. The first kappa shape index (κ1) is 14.8. The Labute approximate surface area is 125 Å². The molecule has 0 radical (unpaired) electrons. The summed E-state index contributed by atoms with van der Waals surface area (Å²) in [6.45, 7) is 6.33. The Hall–Kier alpha value is -1.63. The molecule has 7 heteroatoms. The molecule has 0 unspecified atom stereocenters. The molecule has 2 aromatic heterocycles. The van der Waals surface area contributed by atoms with Crippen molar-refractivity contribution in [2.24, 2.45) is 7.05 Å². The summed E-state index contributed by atoms with van der Waals surface area (Å²) in [6, 6.07) is 1.82. The van der Waals surface area contributed by atoms with Crippen molar-refractivity contribution in [2.75, 3.05) is 5.32 Å². The minimum Gasteiger partial charge on any atom is -0.381 e. The Bertz CT molecular complexity index is 674. The molecule has 0 aliphatic heterocycles. The molecule has 0 aliphatic carbocycles. The molecule has 2 heterocycles. The first-order chi connectivity index (χ1) is 9.38. The van der Waals surface area contributed by atoms with E-state index in [1.165, 1.54) is 4.68 Å². The fourth-order valence-electron chi connectivity index (χ4n) is 1.96. The lowest BCUT2D eigenvalue weighted by Crippen LogP contribution is -2.25. The average molecular weight is 340 g/mol. The van der Waals surface area contributed by atoms with E-state index >= 15 is 0 Å². The monoisotopic (exact) mass is 339 g/mol. The van der Waals surface area contributed by atoms with Crippen molar-refractivity contribution >= 4 is 21.6 Å². The SMILES string of the molecule is Cc1nn(C)c(Cn2ncc(NC(C)C)cc2=O)c1Br. The van der Waals surface area contributed by atoms with Crippen LogP contribution in [0.4, 0.5) is 5.69 Å². The van der Waals surface area contributed by atoms with Crippen LogP contribution < -0.4 is 10.9 Å². The molecule has 0 bridgehead atoms. The molecular formula is C13H18BrN5O. The largest absolute Gasteiger partial charge is 0.381 e. The zero-order chi connectivity index (χ0) is 14.9. The quantitative estimate of drug-likeness (QED) is 0.924. The lowest BCUT2D eigenvalue weighted by atomic mass is 10.3. The summed E-state index contributed by atoms with van der Waals surface area (Å²) >= 11 is 3.49. The van der Waals surface area contributed by atoms with Crippen LogP contribution in [0.15, 0.2) is 21.5 Å². The van der Waals surface area contributed by atoms with Crippen LogP contribution in [0.1, 0.15) is 25.2 Å². The van der Waals surface area contributed by atoms with Gasteiger partial charge < -0.3 is 5.32 Å². The van der Waals surface area contributed by atoms with E-state index in [1.54, 1.807) is 16.9 Å². The Kier molecular flexibility index (Phi) is 4.27. The van der Waals surface area contributed by atoms with Crippen molar-refractivity contribution in [3.05, 3.63) is 38.5 Å². The van der Waals surface area contributed by atoms with Crippen LogP contribution in [0.2, 0.25) is 0 Å². The van der Waals surface area contributed by atoms with Gasteiger partial charge in [0.05, 0.1) is 34.3 Å². The number of hydrogen-bond acceptors (Lipinski definition) is 4. The molecule has 0 aromatic carbocycles. The van der Waals surface area contributed by atoms with Gasteiger partial charge >= 0.3 is 0 Å². The molecule has 2 aromatic rings. The van der Waals surface area contributed by atoms with E-state index in [0.29, 0.717) is 6.54 Å². The fraction of sp³-hybridized carbons (Fsp3) is 0.462. The lowest BCUT2D eigenvalue weighted by molar-refractivity contribution is 0.589. The zero-order valence-electron chi connectivity index (χ0n) is 12.0. The van der Waals surface area contributed by atoms with E-state index in [4.69, 9.17) is 0 Å². The van der Waals surface area contributed by atoms with E-state index in [9.17, 15) is 4.79 Å². The van der Waals surface area contributed by atoms with Crippen molar-refractivity contribution < 1.29 is 0 Å². The molecule has 1 N–H and O–H groups in total. The van der Waals surface area contributed by atoms with E-state index < -0.39 is 0 Å². The van der Waals surface area contributed by atoms with Crippen LogP contribution >= 0.6 is 15.9 Å². The van der Waals surface area contributed by atoms with Crippen LogP contribution in [0.25, 0.3) is 0 Å². The second-order valence-electron chi connectivity index (χ2n) is 5.01. The molecule has 0 atom stereocenters. The summed E-state index contributed by atoms with van der Waals surface area (Å²) in [5, 5.41) is 11.7. The molecular weight excluding hydrogens is 322 g/mol. The summed E-state index contributed by atoms with van der Waals surface area (Å²) in [4.78, 5) is 12.1. The second kappa shape index (κ2) is 5.78. The maximum atomic E-state index is 12.1. The molecule has 0 spiro atoms. The highest BCUT2D eigenvalue weighted by Crippen LogP contribution is 2.20. The molecule has 0 aliphatic rings. The standard InChI is InChI=1S/C13H18BrN5O/c1-8(2)16-10-5-12(20)19(15-6-10)7-11-13(14)9(3)17-18(11)4/h5-6,8,16H,7H2,1-4H3. The van der Waals surface area contributed by atoms with Gasteiger partial charge in [-0.05, 0) is 36.7 Å². The first-order valence-electron chi connectivity index (χ1n) is 6.40. The van der Waals surface area contributed by atoms with Crippen molar-refractivity contribution in [2.45, 2.75) is 33.4 Å². The normalized spacial score (nSPS) is 11.1. The van der Waals surface area contributed by atoms with Crippen molar-refractivity contribution in [1.82, 2.24) is 19.6 Å². The number of nitrogens with one attached hydrogen (secondary N) is 1. The van der Waals surface area contributed by atoms with Crippen LogP contribution in [-0.2, 0) is 13.6 Å². The van der Waals surface area contributed by atoms with Gasteiger partial charge in [0.2, 0.25) is 0 Å². The molecule has 0 fully saturated rings. The highest BCUT2D eigenvalue weighted by molar-refractivity contribution is 9.10. The highest BCUT2D eigenvalue weighted by atomic mass is 79.9. The van der Waals surface area contributed by atoms with Gasteiger partial charge in [-0.1, -0.05) is 0 Å². The molecule has 108 valence electrons. The van der Waals surface area contributed by atoms with E-state index in [1.807, 2.05) is 27.8 Å². The van der Waals surface area contributed by atoms with Crippen LogP contribution in [0, 0.1) is 6.92 Å². The Balaban J connectivity index is 2.28.